The molecule has 17 nitrogen and oxygen atoms in total. The summed E-state index contributed by atoms with van der Waals surface area (Å²) in [6.45, 7) is 20.1. The monoisotopic (exact) mass is 1040 g/mol. The van der Waals surface area contributed by atoms with Crippen molar-refractivity contribution in [2.75, 3.05) is 56.0 Å². The number of likely N-dealkylation sites (tertiary alicyclic amines) is 1. The van der Waals surface area contributed by atoms with Gasteiger partial charge in [-0.1, -0.05) is 59.8 Å². The van der Waals surface area contributed by atoms with E-state index in [2.05, 4.69) is 34.0 Å². The molecule has 0 unspecified atom stereocenters. The first-order valence-corrected chi connectivity index (χ1v) is 26.4. The zero-order chi connectivity index (χ0) is 54.3. The van der Waals surface area contributed by atoms with E-state index in [-0.39, 0.29) is 61.9 Å². The molecule has 3 aromatic carbocycles. The number of rotatable bonds is 6. The number of anilines is 2. The van der Waals surface area contributed by atoms with Gasteiger partial charge < -0.3 is 54.7 Å². The number of carbonyl (C=O) groups is 4. The van der Waals surface area contributed by atoms with Gasteiger partial charge in [0.15, 0.2) is 5.75 Å². The first kappa shape index (κ1) is 54.9. The fraction of sp³-hybridized carbons (Fsp3) is 0.544. The second-order valence-electron chi connectivity index (χ2n) is 21.9. The number of nitrogens with zero attached hydrogens (tertiary/aromatic N) is 5. The van der Waals surface area contributed by atoms with Gasteiger partial charge in [0.25, 0.3) is 11.7 Å². The van der Waals surface area contributed by atoms with Crippen LogP contribution in [0, 0.1) is 42.3 Å². The predicted molar refractivity (Wildman–Crippen MR) is 280 cm³/mol. The van der Waals surface area contributed by atoms with Gasteiger partial charge in [-0.2, -0.15) is 0 Å². The average Bonchev–Trinajstić information content (AvgIpc) is 3.74. The Kier molecular flexibility index (Phi) is 16.2. The van der Waals surface area contributed by atoms with Crippen molar-refractivity contribution in [2.24, 2.45) is 39.6 Å². The summed E-state index contributed by atoms with van der Waals surface area (Å²) < 4.78 is 32.3. The molecule has 404 valence electrons. The number of hydrogen-bond acceptors (Lipinski definition) is 15. The number of amides is 2. The van der Waals surface area contributed by atoms with Crippen LogP contribution in [0.4, 0.5) is 15.8 Å². The molecule has 0 aliphatic carbocycles. The molecule has 0 radical (unpaired) electrons. The highest BCUT2D eigenvalue weighted by Crippen LogP contribution is 2.51. The van der Waals surface area contributed by atoms with E-state index in [1.807, 2.05) is 6.92 Å². The highest BCUT2D eigenvalue weighted by atomic mass is 19.1. The molecule has 2 fully saturated rings. The summed E-state index contributed by atoms with van der Waals surface area (Å²) >= 11 is 0. The fourth-order valence-corrected chi connectivity index (χ4v) is 11.3. The summed E-state index contributed by atoms with van der Waals surface area (Å²) in [5.41, 5.74) is 0.642. The van der Waals surface area contributed by atoms with Crippen LogP contribution in [0.15, 0.2) is 70.4 Å². The molecule has 1 spiro atoms. The third-order valence-corrected chi connectivity index (χ3v) is 15.8. The molecule has 9 rings (SSSR count). The minimum atomic E-state index is -1.96. The fourth-order valence-electron chi connectivity index (χ4n) is 11.3. The summed E-state index contributed by atoms with van der Waals surface area (Å²) in [5, 5.41) is 51.3. The van der Waals surface area contributed by atoms with Gasteiger partial charge in [0.1, 0.15) is 46.2 Å². The first-order valence-electron chi connectivity index (χ1n) is 26.4. The summed E-state index contributed by atoms with van der Waals surface area (Å²) in [6.07, 6.45) is 5.92. The van der Waals surface area contributed by atoms with Crippen molar-refractivity contribution in [2.45, 2.75) is 124 Å². The lowest BCUT2D eigenvalue weighted by Crippen LogP contribution is -2.47. The molecule has 2 amide bonds. The van der Waals surface area contributed by atoms with Gasteiger partial charge >= 0.3 is 11.8 Å². The molecular weight excluding hydrogens is 964 g/mol. The summed E-state index contributed by atoms with van der Waals surface area (Å²) in [6, 6.07) is 6.18. The van der Waals surface area contributed by atoms with Crippen LogP contribution in [0.5, 0.6) is 17.2 Å². The number of carbonyl (C=O) groups excluding carboxylic acids is 4. The number of ether oxygens (including phenoxy) is 3. The van der Waals surface area contributed by atoms with Crippen molar-refractivity contribution in [3.63, 3.8) is 0 Å². The van der Waals surface area contributed by atoms with Crippen molar-refractivity contribution in [3.8, 4) is 17.2 Å². The largest absolute Gasteiger partial charge is 0.507 e. The van der Waals surface area contributed by atoms with Crippen LogP contribution < -0.4 is 25.7 Å². The van der Waals surface area contributed by atoms with E-state index in [0.717, 1.165) is 12.2 Å². The van der Waals surface area contributed by atoms with E-state index in [1.54, 1.807) is 69.9 Å². The van der Waals surface area contributed by atoms with Crippen LogP contribution in [-0.4, -0.2) is 129 Å². The molecule has 5 bridgehead atoms. The number of phenolic OH excluding ortho intramolecular Hbond substituents is 2. The maximum absolute atomic E-state index is 14.9. The zero-order valence-corrected chi connectivity index (χ0v) is 44.6. The van der Waals surface area contributed by atoms with Crippen LogP contribution in [0.1, 0.15) is 103 Å². The minimum absolute atomic E-state index is 0.0433. The predicted octanol–water partition coefficient (Wildman–Crippen LogP) is 6.37. The number of benzene rings is 3. The molecule has 18 heteroatoms. The van der Waals surface area contributed by atoms with Gasteiger partial charge in [0, 0.05) is 106 Å². The number of ketones is 1. The van der Waals surface area contributed by atoms with E-state index in [9.17, 15) is 44.0 Å². The number of piperidine rings is 1. The normalized spacial score (nSPS) is 29.1. The number of nitrogens with one attached hydrogen (secondary N) is 1. The van der Waals surface area contributed by atoms with Crippen molar-refractivity contribution >= 4 is 45.7 Å². The minimum Gasteiger partial charge on any atom is -0.507 e. The number of hydrogen-bond donors (Lipinski definition) is 5. The Labute approximate surface area is 437 Å². The van der Waals surface area contributed by atoms with E-state index >= 15 is 0 Å². The number of aliphatic hydroxyl groups excluding tert-OH is 2. The Bertz CT molecular complexity index is 2930. The Morgan fingerprint density at radius 1 is 0.920 bits per heavy atom. The molecule has 8 atom stereocenters. The quantitative estimate of drug-likeness (QED) is 0.103. The number of phenols is 2. The summed E-state index contributed by atoms with van der Waals surface area (Å²) in [5.74, 6) is -7.80. The van der Waals surface area contributed by atoms with Crippen LogP contribution in [0.25, 0.3) is 10.8 Å². The zero-order valence-electron chi connectivity index (χ0n) is 44.6. The maximum Gasteiger partial charge on any atom is 0.315 e. The number of esters is 1. The van der Waals surface area contributed by atoms with Crippen molar-refractivity contribution in [1.29, 1.82) is 0 Å². The molecule has 6 aliphatic rings. The molecule has 5 N–H and O–H groups in total. The Morgan fingerprint density at radius 2 is 1.63 bits per heavy atom. The summed E-state index contributed by atoms with van der Waals surface area (Å²) in [4.78, 5) is 72.0. The lowest BCUT2D eigenvalue weighted by atomic mass is 9.79. The van der Waals surface area contributed by atoms with E-state index in [0.29, 0.717) is 70.1 Å². The molecular formula is C57H73FN6O11. The standard InChI is InChI=1S/C57H73FN6O11/c1-31(2)30-62-24-20-57(21-25-62)60-45-42-43-50(69)37(8)53-44(42)54(71)56(9,75-53)73-28-11-15-33(4)52(74-41(66)29-40(65)64-23-12-22-63(26-27-64)39-18-16-38(58)17-19-39)36(7)49(68)35(6)48(67)32(3)13-10-14-34(5)55(72)59-47(51(43)70)46(45)61-57/h10-11,13-14,16-19,28,31-33,35-36,48-49,52,60,67-70H,12,15,20-27,29-30H2,1-9H3/b13-10+,28-11+,34-14-,59-47?/t32-,33+,35+,36+,48-,49+,52+,56-/m0/s1. The molecule has 3 aromatic rings. The number of fused-ring (bicyclic) bond motifs is 13. The topological polar surface area (TPSA) is 223 Å². The van der Waals surface area contributed by atoms with Crippen LogP contribution >= 0.6 is 0 Å². The second kappa shape index (κ2) is 22.1. The second-order valence-corrected chi connectivity index (χ2v) is 21.9. The highest BCUT2D eigenvalue weighted by molar-refractivity contribution is 6.21. The highest BCUT2D eigenvalue weighted by Gasteiger charge is 2.50. The molecule has 6 aliphatic heterocycles. The maximum atomic E-state index is 14.9. The number of Topliss-reactive ketones (excluding diaryl/α,β-unsaturated/α-hetero) is 1. The number of aromatic hydroxyl groups is 2. The molecule has 2 saturated heterocycles. The van der Waals surface area contributed by atoms with Gasteiger partial charge in [-0.3, -0.25) is 24.2 Å². The molecule has 0 saturated carbocycles. The van der Waals surface area contributed by atoms with Crippen LogP contribution in [-0.2, 0) is 23.9 Å². The van der Waals surface area contributed by atoms with Gasteiger partial charge in [-0.25, -0.2) is 9.38 Å². The van der Waals surface area contributed by atoms with Gasteiger partial charge in [-0.05, 0) is 68.9 Å². The van der Waals surface area contributed by atoms with Gasteiger partial charge in [-0.15, -0.1) is 0 Å². The molecule has 0 aromatic heterocycles. The van der Waals surface area contributed by atoms with Gasteiger partial charge in [0.05, 0.1) is 35.1 Å². The van der Waals surface area contributed by atoms with E-state index in [1.165, 1.54) is 31.4 Å². The third-order valence-electron chi connectivity index (χ3n) is 15.8. The van der Waals surface area contributed by atoms with Crippen LogP contribution in [0.3, 0.4) is 0 Å². The van der Waals surface area contributed by atoms with Crippen molar-refractivity contribution in [3.05, 3.63) is 88.1 Å². The van der Waals surface area contributed by atoms with Crippen molar-refractivity contribution < 1.29 is 58.2 Å². The number of aliphatic hydroxyl groups is 2. The van der Waals surface area contributed by atoms with E-state index in [4.69, 9.17) is 19.2 Å². The van der Waals surface area contributed by atoms with E-state index < -0.39 is 89.2 Å². The van der Waals surface area contributed by atoms with Crippen molar-refractivity contribution in [1.82, 2.24) is 9.80 Å². The molecule has 75 heavy (non-hydrogen) atoms. The lowest BCUT2D eigenvalue weighted by molar-refractivity contribution is -0.162. The summed E-state index contributed by atoms with van der Waals surface area (Å²) in [7, 11) is 0. The number of allylic oxidation sites excluding steroid dienone is 3. The SMILES string of the molecule is C/C1=C/C=C/[C@H](C)[C@H](O)[C@@H](C)[C@@H](O)[C@@H](C)[C@H](OC(=O)CC(=O)N2CCCN(c3ccc(F)cc3)CC2)[C@H](C)C/C=C/O[C@@]2(C)Oc3c(C)c(O)c4c(O)c(c5c(c4c3C2=O)NC2(CCN(CC(C)C)CC2)N=5)=NC1=O. The van der Waals surface area contributed by atoms with Crippen LogP contribution in [0.2, 0.25) is 0 Å². The third kappa shape index (κ3) is 11.2. The van der Waals surface area contributed by atoms with Gasteiger partial charge in [0.2, 0.25) is 5.91 Å². The number of halogens is 1. The Morgan fingerprint density at radius 3 is 2.32 bits per heavy atom. The lowest BCUT2D eigenvalue weighted by Gasteiger charge is -2.38. The average molecular weight is 1040 g/mol. The Balaban J connectivity index is 1.11. The molecule has 6 heterocycles. The first-order chi connectivity index (χ1) is 35.5. The Hall–Kier alpha value is -6.37. The smallest absolute Gasteiger partial charge is 0.315 e.